The number of anilines is 1. The quantitative estimate of drug-likeness (QED) is 0.714. The Morgan fingerprint density at radius 2 is 1.95 bits per heavy atom. The maximum absolute atomic E-state index is 5.88. The van der Waals surface area contributed by atoms with Crippen LogP contribution in [0.4, 0.5) is 5.69 Å². The Morgan fingerprint density at radius 1 is 1.15 bits per heavy atom. The van der Waals surface area contributed by atoms with Gasteiger partial charge in [0.25, 0.3) is 0 Å². The molecule has 3 aromatic rings. The minimum Gasteiger partial charge on any atom is -0.455 e. The van der Waals surface area contributed by atoms with Crippen LogP contribution in [0.2, 0.25) is 0 Å². The van der Waals surface area contributed by atoms with Crippen molar-refractivity contribution in [2.45, 2.75) is 18.8 Å². The molecule has 1 saturated carbocycles. The lowest BCUT2D eigenvalue weighted by Crippen LogP contribution is -1.88. The number of benzene rings is 1. The van der Waals surface area contributed by atoms with Gasteiger partial charge in [0.1, 0.15) is 11.6 Å². The first-order valence-electron chi connectivity index (χ1n) is 6.67. The average molecular weight is 266 g/mol. The number of hydrogen-bond acceptors (Lipinski definition) is 4. The number of nitrogens with one attached hydrogen (secondary N) is 1. The standard InChI is InChI=1S/C15H14N4O/c16-10-3-5-11(6-4-10)20-12-7-8-17-15-13(12)18-14(19-15)9-1-2-9/h3-9H,1-2,16H2,(H,17,18,19). The number of aromatic nitrogens is 3. The SMILES string of the molecule is Nc1ccc(Oc2ccnc3[nH]c(C4CC4)nc23)cc1. The van der Waals surface area contributed by atoms with Crippen LogP contribution < -0.4 is 10.5 Å². The van der Waals surface area contributed by atoms with Gasteiger partial charge in [-0.3, -0.25) is 0 Å². The lowest BCUT2D eigenvalue weighted by Gasteiger charge is -2.05. The third-order valence-corrected chi connectivity index (χ3v) is 3.44. The molecule has 0 saturated heterocycles. The van der Waals surface area contributed by atoms with Crippen molar-refractivity contribution in [1.82, 2.24) is 15.0 Å². The normalized spacial score (nSPS) is 14.6. The minimum absolute atomic E-state index is 0.563. The van der Waals surface area contributed by atoms with Crippen LogP contribution in [0.5, 0.6) is 11.5 Å². The molecule has 0 spiro atoms. The maximum Gasteiger partial charge on any atom is 0.161 e. The van der Waals surface area contributed by atoms with Gasteiger partial charge in [-0.25, -0.2) is 9.97 Å². The monoisotopic (exact) mass is 266 g/mol. The third kappa shape index (κ3) is 1.97. The summed E-state index contributed by atoms with van der Waals surface area (Å²) in [5, 5.41) is 0. The van der Waals surface area contributed by atoms with Gasteiger partial charge in [0.2, 0.25) is 0 Å². The predicted molar refractivity (Wildman–Crippen MR) is 76.8 cm³/mol. The molecule has 0 unspecified atom stereocenters. The van der Waals surface area contributed by atoms with Gasteiger partial charge in [0.05, 0.1) is 0 Å². The van der Waals surface area contributed by atoms with Crippen molar-refractivity contribution in [3.05, 3.63) is 42.4 Å². The van der Waals surface area contributed by atoms with Gasteiger partial charge in [-0.1, -0.05) is 0 Å². The Hall–Kier alpha value is -2.56. The number of nitrogen functional groups attached to an aromatic ring is 1. The van der Waals surface area contributed by atoms with Crippen LogP contribution in [0.3, 0.4) is 0 Å². The lowest BCUT2D eigenvalue weighted by atomic mass is 10.3. The largest absolute Gasteiger partial charge is 0.455 e. The molecule has 2 aromatic heterocycles. The fraction of sp³-hybridized carbons (Fsp3) is 0.200. The number of fused-ring (bicyclic) bond motifs is 1. The Labute approximate surface area is 115 Å². The first kappa shape index (κ1) is 11.3. The summed E-state index contributed by atoms with van der Waals surface area (Å²) in [6, 6.07) is 9.14. The fourth-order valence-corrected chi connectivity index (χ4v) is 2.20. The van der Waals surface area contributed by atoms with E-state index in [1.807, 2.05) is 30.3 Å². The molecule has 4 rings (SSSR count). The number of aromatic amines is 1. The Balaban J connectivity index is 1.73. The van der Waals surface area contributed by atoms with Crippen molar-refractivity contribution in [3.63, 3.8) is 0 Å². The van der Waals surface area contributed by atoms with E-state index < -0.39 is 0 Å². The summed E-state index contributed by atoms with van der Waals surface area (Å²) in [7, 11) is 0. The van der Waals surface area contributed by atoms with Crippen LogP contribution in [-0.2, 0) is 0 Å². The highest BCUT2D eigenvalue weighted by molar-refractivity contribution is 5.78. The molecule has 5 nitrogen and oxygen atoms in total. The second kappa shape index (κ2) is 4.23. The number of H-pyrrole nitrogens is 1. The molecule has 100 valence electrons. The molecular weight excluding hydrogens is 252 g/mol. The smallest absolute Gasteiger partial charge is 0.161 e. The lowest BCUT2D eigenvalue weighted by molar-refractivity contribution is 0.487. The topological polar surface area (TPSA) is 76.8 Å². The number of nitrogens with two attached hydrogens (primary N) is 1. The van der Waals surface area contributed by atoms with Crippen molar-refractivity contribution in [2.24, 2.45) is 0 Å². The number of ether oxygens (including phenoxy) is 1. The zero-order valence-corrected chi connectivity index (χ0v) is 10.8. The molecule has 0 atom stereocenters. The van der Waals surface area contributed by atoms with E-state index >= 15 is 0 Å². The van der Waals surface area contributed by atoms with Crippen molar-refractivity contribution < 1.29 is 4.74 Å². The molecule has 20 heavy (non-hydrogen) atoms. The molecule has 1 fully saturated rings. The van der Waals surface area contributed by atoms with E-state index in [1.54, 1.807) is 6.20 Å². The number of rotatable bonds is 3. The molecule has 2 heterocycles. The Morgan fingerprint density at radius 3 is 2.70 bits per heavy atom. The van der Waals surface area contributed by atoms with E-state index in [4.69, 9.17) is 10.5 Å². The first-order chi connectivity index (χ1) is 9.79. The minimum atomic E-state index is 0.563. The highest BCUT2D eigenvalue weighted by atomic mass is 16.5. The van der Waals surface area contributed by atoms with Crippen LogP contribution in [-0.4, -0.2) is 15.0 Å². The van der Waals surface area contributed by atoms with E-state index in [1.165, 1.54) is 12.8 Å². The Bertz CT molecular complexity index is 759. The molecule has 5 heteroatoms. The van der Waals surface area contributed by atoms with Crippen molar-refractivity contribution >= 4 is 16.9 Å². The molecular formula is C15H14N4O. The number of hydrogen-bond donors (Lipinski definition) is 2. The molecule has 1 aliphatic rings. The highest BCUT2D eigenvalue weighted by Crippen LogP contribution is 2.40. The van der Waals surface area contributed by atoms with Crippen molar-refractivity contribution in [2.75, 3.05) is 5.73 Å². The zero-order chi connectivity index (χ0) is 13.5. The van der Waals surface area contributed by atoms with Gasteiger partial charge in [-0.2, -0.15) is 0 Å². The second-order valence-electron chi connectivity index (χ2n) is 5.07. The second-order valence-corrected chi connectivity index (χ2v) is 5.07. The van der Waals surface area contributed by atoms with E-state index in [0.717, 1.165) is 22.7 Å². The summed E-state index contributed by atoms with van der Waals surface area (Å²) in [5.41, 5.74) is 7.95. The molecule has 1 aliphatic carbocycles. The summed E-state index contributed by atoms with van der Waals surface area (Å²) < 4.78 is 5.88. The van der Waals surface area contributed by atoms with Gasteiger partial charge in [-0.15, -0.1) is 0 Å². The van der Waals surface area contributed by atoms with Gasteiger partial charge < -0.3 is 15.5 Å². The molecule has 0 radical (unpaired) electrons. The summed E-state index contributed by atoms with van der Waals surface area (Å²) in [6.07, 6.45) is 4.13. The van der Waals surface area contributed by atoms with Crippen LogP contribution in [0.15, 0.2) is 36.5 Å². The summed E-state index contributed by atoms with van der Waals surface area (Å²) in [4.78, 5) is 12.2. The molecule has 0 aliphatic heterocycles. The van der Waals surface area contributed by atoms with Crippen LogP contribution >= 0.6 is 0 Å². The van der Waals surface area contributed by atoms with Crippen LogP contribution in [0.1, 0.15) is 24.6 Å². The fourth-order valence-electron chi connectivity index (χ4n) is 2.20. The van der Waals surface area contributed by atoms with Gasteiger partial charge in [0.15, 0.2) is 16.9 Å². The number of pyridine rings is 1. The molecule has 0 amide bonds. The number of imidazole rings is 1. The summed E-state index contributed by atoms with van der Waals surface area (Å²) in [5.74, 6) is 3.03. The van der Waals surface area contributed by atoms with E-state index in [2.05, 4.69) is 15.0 Å². The predicted octanol–water partition coefficient (Wildman–Crippen LogP) is 3.21. The first-order valence-corrected chi connectivity index (χ1v) is 6.67. The average Bonchev–Trinajstić information content (AvgIpc) is 3.21. The van der Waals surface area contributed by atoms with Crippen LogP contribution in [0, 0.1) is 0 Å². The summed E-state index contributed by atoms with van der Waals surface area (Å²) in [6.45, 7) is 0. The maximum atomic E-state index is 5.88. The third-order valence-electron chi connectivity index (χ3n) is 3.44. The van der Waals surface area contributed by atoms with Gasteiger partial charge in [-0.05, 0) is 37.1 Å². The Kier molecular flexibility index (Phi) is 2.39. The molecule has 0 bridgehead atoms. The summed E-state index contributed by atoms with van der Waals surface area (Å²) >= 11 is 0. The van der Waals surface area contributed by atoms with Gasteiger partial charge >= 0.3 is 0 Å². The van der Waals surface area contributed by atoms with Crippen molar-refractivity contribution in [1.29, 1.82) is 0 Å². The van der Waals surface area contributed by atoms with E-state index in [-0.39, 0.29) is 0 Å². The van der Waals surface area contributed by atoms with Crippen molar-refractivity contribution in [3.8, 4) is 11.5 Å². The van der Waals surface area contributed by atoms with E-state index in [0.29, 0.717) is 17.4 Å². The van der Waals surface area contributed by atoms with E-state index in [9.17, 15) is 0 Å². The highest BCUT2D eigenvalue weighted by Gasteiger charge is 2.27. The van der Waals surface area contributed by atoms with Gasteiger partial charge in [0, 0.05) is 23.9 Å². The molecule has 1 aromatic carbocycles. The zero-order valence-electron chi connectivity index (χ0n) is 10.8. The van der Waals surface area contributed by atoms with Crippen LogP contribution in [0.25, 0.3) is 11.2 Å². The molecule has 3 N–H and O–H groups in total. The number of nitrogens with zero attached hydrogens (tertiary/aromatic N) is 2.